The van der Waals surface area contributed by atoms with E-state index >= 15 is 0 Å². The summed E-state index contributed by atoms with van der Waals surface area (Å²) in [5, 5.41) is 9.16. The number of carboxylic acids is 1. The van der Waals surface area contributed by atoms with Gasteiger partial charge in [0.25, 0.3) is 0 Å². The summed E-state index contributed by atoms with van der Waals surface area (Å²) in [7, 11) is 0. The van der Waals surface area contributed by atoms with Crippen LogP contribution in [0.2, 0.25) is 10.0 Å². The molecule has 0 atom stereocenters. The Labute approximate surface area is 109 Å². The van der Waals surface area contributed by atoms with Crippen LogP contribution in [-0.4, -0.2) is 24.0 Å². The molecule has 1 aromatic carbocycles. The van der Waals surface area contributed by atoms with Crippen molar-refractivity contribution in [2.24, 2.45) is 0 Å². The Morgan fingerprint density at radius 1 is 1.41 bits per heavy atom. The van der Waals surface area contributed by atoms with Crippen molar-refractivity contribution in [3.05, 3.63) is 28.2 Å². The molecule has 0 aliphatic heterocycles. The summed E-state index contributed by atoms with van der Waals surface area (Å²) in [6, 6.07) is 4.95. The number of carboxylic acid groups (broad SMARTS) is 1. The summed E-state index contributed by atoms with van der Waals surface area (Å²) in [6.07, 6.45) is 0.971. The number of aliphatic carboxylic acids is 1. The quantitative estimate of drug-likeness (QED) is 0.813. The van der Waals surface area contributed by atoms with E-state index in [1.54, 1.807) is 18.2 Å². The normalized spacial score (nSPS) is 10.0. The Hall–Kier alpha value is -1.26. The maximum absolute atomic E-state index is 10.9. The number of benzene rings is 1. The smallest absolute Gasteiger partial charge is 0.303 e. The highest BCUT2D eigenvalue weighted by atomic mass is 35.5. The summed E-state index contributed by atoms with van der Waals surface area (Å²) in [6.45, 7) is 0.288. The van der Waals surface area contributed by atoms with Crippen LogP contribution in [0.4, 0.5) is 5.69 Å². The largest absolute Gasteiger partial charge is 0.481 e. The molecule has 0 radical (unpaired) electrons. The highest BCUT2D eigenvalue weighted by Crippen LogP contribution is 2.31. The monoisotopic (exact) mass is 275 g/mol. The van der Waals surface area contributed by atoms with Gasteiger partial charge in [0, 0.05) is 13.0 Å². The van der Waals surface area contributed by atoms with Crippen molar-refractivity contribution in [1.29, 1.82) is 0 Å². The van der Waals surface area contributed by atoms with E-state index in [0.717, 1.165) is 0 Å². The maximum atomic E-state index is 10.9. The molecule has 1 N–H and O–H groups in total. The summed E-state index contributed by atoms with van der Waals surface area (Å²) >= 11 is 11.8. The second-order valence-electron chi connectivity index (χ2n) is 3.37. The van der Waals surface area contributed by atoms with Gasteiger partial charge in [0.1, 0.15) is 0 Å². The number of anilines is 1. The Bertz CT molecular complexity index is 423. The van der Waals surface area contributed by atoms with E-state index in [1.807, 2.05) is 0 Å². The van der Waals surface area contributed by atoms with Crippen molar-refractivity contribution in [1.82, 2.24) is 0 Å². The van der Waals surface area contributed by atoms with Gasteiger partial charge in [0.05, 0.1) is 15.7 Å². The lowest BCUT2D eigenvalue weighted by Crippen LogP contribution is -2.23. The van der Waals surface area contributed by atoms with Gasteiger partial charge in [-0.2, -0.15) is 0 Å². The molecule has 0 bridgehead atoms. The van der Waals surface area contributed by atoms with Gasteiger partial charge in [-0.25, -0.2) is 0 Å². The van der Waals surface area contributed by atoms with E-state index in [1.165, 1.54) is 4.90 Å². The van der Waals surface area contributed by atoms with Gasteiger partial charge in [-0.05, 0) is 18.6 Å². The number of hydrogen-bond acceptors (Lipinski definition) is 2. The lowest BCUT2D eigenvalue weighted by atomic mass is 10.2. The average molecular weight is 276 g/mol. The van der Waals surface area contributed by atoms with Crippen LogP contribution < -0.4 is 4.90 Å². The van der Waals surface area contributed by atoms with Crippen molar-refractivity contribution < 1.29 is 14.7 Å². The molecule has 17 heavy (non-hydrogen) atoms. The van der Waals surface area contributed by atoms with Crippen LogP contribution in [0.5, 0.6) is 0 Å². The molecule has 6 heteroatoms. The minimum atomic E-state index is -0.895. The van der Waals surface area contributed by atoms with E-state index < -0.39 is 5.97 Å². The fourth-order valence-electron chi connectivity index (χ4n) is 1.34. The molecule has 0 aliphatic carbocycles. The molecule has 0 spiro atoms. The predicted molar refractivity (Wildman–Crippen MR) is 66.7 cm³/mol. The molecule has 0 unspecified atom stereocenters. The number of nitrogens with zero attached hydrogens (tertiary/aromatic N) is 1. The minimum absolute atomic E-state index is 0.00250. The number of rotatable bonds is 6. The van der Waals surface area contributed by atoms with Gasteiger partial charge in [-0.15, -0.1) is 0 Å². The molecule has 0 saturated carbocycles. The summed E-state index contributed by atoms with van der Waals surface area (Å²) in [5.74, 6) is -0.895. The number of carbonyl (C=O) groups excluding carboxylic acids is 1. The Morgan fingerprint density at radius 2 is 2.12 bits per heavy atom. The van der Waals surface area contributed by atoms with Crippen LogP contribution in [0, 0.1) is 0 Å². The van der Waals surface area contributed by atoms with Crippen LogP contribution in [-0.2, 0) is 9.59 Å². The van der Waals surface area contributed by atoms with E-state index in [-0.39, 0.29) is 18.0 Å². The second kappa shape index (κ2) is 6.47. The first-order valence-corrected chi connectivity index (χ1v) is 5.69. The minimum Gasteiger partial charge on any atom is -0.481 e. The lowest BCUT2D eigenvalue weighted by molar-refractivity contribution is -0.137. The van der Waals surface area contributed by atoms with Crippen molar-refractivity contribution in [3.8, 4) is 0 Å². The molecule has 1 amide bonds. The van der Waals surface area contributed by atoms with Crippen LogP contribution in [0.25, 0.3) is 0 Å². The first-order valence-electron chi connectivity index (χ1n) is 4.94. The standard InChI is InChI=1S/C11H11Cl2NO3/c12-8-3-1-4-9(11(8)13)14(7-15)6-2-5-10(16)17/h1,3-4,7H,2,5-6H2,(H,16,17). The van der Waals surface area contributed by atoms with Crippen molar-refractivity contribution in [3.63, 3.8) is 0 Å². The summed E-state index contributed by atoms with van der Waals surface area (Å²) in [5.41, 5.74) is 0.486. The van der Waals surface area contributed by atoms with Gasteiger partial charge in [-0.3, -0.25) is 9.59 Å². The van der Waals surface area contributed by atoms with Crippen molar-refractivity contribution in [2.75, 3.05) is 11.4 Å². The molecule has 0 aliphatic rings. The number of amides is 1. The molecule has 0 fully saturated rings. The zero-order valence-corrected chi connectivity index (χ0v) is 10.4. The molecular formula is C11H11Cl2NO3. The molecule has 4 nitrogen and oxygen atoms in total. The molecule has 0 aromatic heterocycles. The van der Waals surface area contributed by atoms with Crippen LogP contribution >= 0.6 is 23.2 Å². The van der Waals surface area contributed by atoms with Crippen molar-refractivity contribution in [2.45, 2.75) is 12.8 Å². The summed E-state index contributed by atoms with van der Waals surface area (Å²) in [4.78, 5) is 22.6. The number of carbonyl (C=O) groups is 2. The third-order valence-electron chi connectivity index (χ3n) is 2.16. The van der Waals surface area contributed by atoms with Crippen molar-refractivity contribution >= 4 is 41.3 Å². The zero-order valence-electron chi connectivity index (χ0n) is 8.90. The number of halogens is 2. The van der Waals surface area contributed by atoms with Gasteiger partial charge in [0.2, 0.25) is 6.41 Å². The molecule has 0 saturated heterocycles. The fourth-order valence-corrected chi connectivity index (χ4v) is 1.75. The average Bonchev–Trinajstić information content (AvgIpc) is 2.28. The molecule has 1 rings (SSSR count). The van der Waals surface area contributed by atoms with Gasteiger partial charge in [-0.1, -0.05) is 29.3 Å². The highest BCUT2D eigenvalue weighted by molar-refractivity contribution is 6.43. The Balaban J connectivity index is 2.76. The Kier molecular flexibility index (Phi) is 5.25. The fraction of sp³-hybridized carbons (Fsp3) is 0.273. The van der Waals surface area contributed by atoms with E-state index in [4.69, 9.17) is 28.3 Å². The van der Waals surface area contributed by atoms with Crippen LogP contribution in [0.15, 0.2) is 18.2 Å². The highest BCUT2D eigenvalue weighted by Gasteiger charge is 2.12. The topological polar surface area (TPSA) is 57.6 Å². The Morgan fingerprint density at radius 3 is 2.71 bits per heavy atom. The van der Waals surface area contributed by atoms with Gasteiger partial charge < -0.3 is 10.0 Å². The lowest BCUT2D eigenvalue weighted by Gasteiger charge is -2.18. The third kappa shape index (κ3) is 3.91. The zero-order chi connectivity index (χ0) is 12.8. The molecular weight excluding hydrogens is 265 g/mol. The first-order chi connectivity index (χ1) is 8.06. The summed E-state index contributed by atoms with van der Waals surface area (Å²) < 4.78 is 0. The third-order valence-corrected chi connectivity index (χ3v) is 2.97. The van der Waals surface area contributed by atoms with Gasteiger partial charge >= 0.3 is 5.97 Å². The number of hydrogen-bond donors (Lipinski definition) is 1. The first kappa shape index (κ1) is 13.8. The second-order valence-corrected chi connectivity index (χ2v) is 4.15. The van der Waals surface area contributed by atoms with E-state index in [9.17, 15) is 9.59 Å². The van der Waals surface area contributed by atoms with E-state index in [2.05, 4.69) is 0 Å². The van der Waals surface area contributed by atoms with Crippen LogP contribution in [0.1, 0.15) is 12.8 Å². The SMILES string of the molecule is O=CN(CCCC(=O)O)c1cccc(Cl)c1Cl. The van der Waals surface area contributed by atoms with Crippen LogP contribution in [0.3, 0.4) is 0 Å². The molecule has 0 heterocycles. The molecule has 1 aromatic rings. The molecule has 92 valence electrons. The predicted octanol–water partition coefficient (Wildman–Crippen LogP) is 2.82. The van der Waals surface area contributed by atoms with E-state index in [0.29, 0.717) is 23.5 Å². The van der Waals surface area contributed by atoms with Gasteiger partial charge in [0.15, 0.2) is 0 Å². The maximum Gasteiger partial charge on any atom is 0.303 e.